The molecule has 0 aliphatic carbocycles. The Morgan fingerprint density at radius 3 is 1.50 bits per heavy atom. The fraction of sp³-hybridized carbons (Fsp3) is 0. The average Bonchev–Trinajstić information content (AvgIpc) is 1.79. The summed E-state index contributed by atoms with van der Waals surface area (Å²) in [5, 5.41) is 0. The molecule has 6 nitrogen and oxygen atoms in total. The van der Waals surface area contributed by atoms with Crippen LogP contribution in [0.15, 0.2) is 12.5 Å². The van der Waals surface area contributed by atoms with E-state index in [-0.39, 0.29) is 0 Å². The minimum atomic E-state index is -0.996. The maximum Gasteiger partial charge on any atom is 0.409 e. The Morgan fingerprint density at radius 1 is 1.00 bits per heavy atom. The average molecular weight is 146 g/mol. The lowest BCUT2D eigenvalue weighted by molar-refractivity contribution is 0.183. The Morgan fingerprint density at radius 2 is 1.30 bits per heavy atom. The molecule has 10 heavy (non-hydrogen) atoms. The third-order valence-corrected chi connectivity index (χ3v) is 0.424. The van der Waals surface area contributed by atoms with Gasteiger partial charge in [0.1, 0.15) is 12.5 Å². The van der Waals surface area contributed by atoms with Gasteiger partial charge in [-0.1, -0.05) is 0 Å². The van der Waals surface area contributed by atoms with Crippen molar-refractivity contribution in [3.05, 3.63) is 12.5 Å². The molecular weight excluding hydrogens is 140 g/mol. The molecule has 0 atom stereocenters. The topological polar surface area (TPSA) is 105 Å². The number of amides is 2. The molecule has 0 unspecified atom stereocenters. The van der Waals surface area contributed by atoms with Gasteiger partial charge in [-0.25, -0.2) is 9.59 Å². The van der Waals surface area contributed by atoms with Gasteiger partial charge >= 0.3 is 12.2 Å². The standard InChI is InChI=1S/C4H6N2O4/c5-3(7)9-1-2-10-4(6)8/h1-2H,(H2,5,7)(H2,6,8). The second-order valence-corrected chi connectivity index (χ2v) is 1.15. The first-order chi connectivity index (χ1) is 4.63. The van der Waals surface area contributed by atoms with Crippen molar-refractivity contribution in [2.24, 2.45) is 11.5 Å². The van der Waals surface area contributed by atoms with Gasteiger partial charge in [-0.05, 0) is 0 Å². The minimum absolute atomic E-state index is 0.799. The summed E-state index contributed by atoms with van der Waals surface area (Å²) in [5.41, 5.74) is 9.05. The van der Waals surface area contributed by atoms with Crippen LogP contribution in [0.5, 0.6) is 0 Å². The van der Waals surface area contributed by atoms with Gasteiger partial charge in [-0.2, -0.15) is 0 Å². The molecule has 0 spiro atoms. The highest BCUT2D eigenvalue weighted by Gasteiger charge is 1.87. The Bertz CT molecular complexity index is 147. The van der Waals surface area contributed by atoms with E-state index in [1.54, 1.807) is 0 Å². The lowest BCUT2D eigenvalue weighted by Gasteiger charge is -1.90. The highest BCUT2D eigenvalue weighted by molar-refractivity contribution is 5.66. The van der Waals surface area contributed by atoms with Crippen LogP contribution in [-0.4, -0.2) is 12.2 Å². The van der Waals surface area contributed by atoms with Gasteiger partial charge in [0.25, 0.3) is 0 Å². The molecule has 0 aromatic heterocycles. The van der Waals surface area contributed by atoms with E-state index in [2.05, 4.69) is 20.9 Å². The van der Waals surface area contributed by atoms with Crippen molar-refractivity contribution in [2.45, 2.75) is 0 Å². The van der Waals surface area contributed by atoms with Crippen LogP contribution in [0, 0.1) is 0 Å². The van der Waals surface area contributed by atoms with Gasteiger partial charge < -0.3 is 20.9 Å². The van der Waals surface area contributed by atoms with Gasteiger partial charge in [0.15, 0.2) is 0 Å². The van der Waals surface area contributed by atoms with Gasteiger partial charge in [0.05, 0.1) is 0 Å². The first-order valence-electron chi connectivity index (χ1n) is 2.20. The van der Waals surface area contributed by atoms with Crippen molar-refractivity contribution in [1.29, 1.82) is 0 Å². The van der Waals surface area contributed by atoms with Crippen molar-refractivity contribution in [3.8, 4) is 0 Å². The number of carbonyl (C=O) groups excluding carboxylic acids is 2. The molecule has 0 heterocycles. The fourth-order valence-electron chi connectivity index (χ4n) is 0.190. The van der Waals surface area contributed by atoms with E-state index >= 15 is 0 Å². The van der Waals surface area contributed by atoms with E-state index in [9.17, 15) is 9.59 Å². The number of hydrogen-bond acceptors (Lipinski definition) is 4. The van der Waals surface area contributed by atoms with Gasteiger partial charge in [-0.15, -0.1) is 0 Å². The molecule has 0 aromatic rings. The first-order valence-corrected chi connectivity index (χ1v) is 2.20. The molecule has 0 bridgehead atoms. The molecule has 0 rings (SSSR count). The monoisotopic (exact) mass is 146 g/mol. The number of hydrogen-bond donors (Lipinski definition) is 2. The maximum absolute atomic E-state index is 9.82. The number of primary amides is 2. The van der Waals surface area contributed by atoms with Crippen LogP contribution in [0.4, 0.5) is 9.59 Å². The molecule has 0 radical (unpaired) electrons. The fourth-order valence-corrected chi connectivity index (χ4v) is 0.190. The van der Waals surface area contributed by atoms with Crippen LogP contribution in [0.1, 0.15) is 0 Å². The normalized spacial score (nSPS) is 9.20. The van der Waals surface area contributed by atoms with Gasteiger partial charge in [-0.3, -0.25) is 0 Å². The lowest BCUT2D eigenvalue weighted by atomic mass is 11.0. The summed E-state index contributed by atoms with van der Waals surface area (Å²) in [6.45, 7) is 0. The van der Waals surface area contributed by atoms with E-state index in [1.807, 2.05) is 0 Å². The SMILES string of the molecule is NC(=O)OC=COC(N)=O. The van der Waals surface area contributed by atoms with Gasteiger partial charge in [0.2, 0.25) is 0 Å². The number of rotatable bonds is 2. The van der Waals surface area contributed by atoms with Crippen LogP contribution in [0.3, 0.4) is 0 Å². The Hall–Kier alpha value is -1.72. The Labute approximate surface area is 56.4 Å². The second kappa shape index (κ2) is 4.19. The first kappa shape index (κ1) is 8.28. The van der Waals surface area contributed by atoms with E-state index in [0.717, 1.165) is 12.5 Å². The summed E-state index contributed by atoms with van der Waals surface area (Å²) in [6, 6.07) is 0. The van der Waals surface area contributed by atoms with Crippen LogP contribution in [0.25, 0.3) is 0 Å². The van der Waals surface area contributed by atoms with Gasteiger partial charge in [0, 0.05) is 0 Å². The zero-order chi connectivity index (χ0) is 7.98. The number of carbonyl (C=O) groups is 2. The third kappa shape index (κ3) is 6.28. The highest BCUT2D eigenvalue weighted by Crippen LogP contribution is 1.79. The summed E-state index contributed by atoms with van der Waals surface area (Å²) in [7, 11) is 0. The van der Waals surface area contributed by atoms with E-state index in [1.165, 1.54) is 0 Å². The molecule has 0 aromatic carbocycles. The Kier molecular flexibility index (Phi) is 3.47. The molecule has 0 fully saturated rings. The number of ether oxygens (including phenoxy) is 2. The van der Waals surface area contributed by atoms with Crippen molar-refractivity contribution in [2.75, 3.05) is 0 Å². The molecule has 0 aliphatic rings. The van der Waals surface area contributed by atoms with Crippen LogP contribution in [-0.2, 0) is 9.47 Å². The molecule has 4 N–H and O–H groups in total. The van der Waals surface area contributed by atoms with Crippen molar-refractivity contribution < 1.29 is 19.1 Å². The summed E-state index contributed by atoms with van der Waals surface area (Å²) in [5.74, 6) is 0. The maximum atomic E-state index is 9.82. The predicted octanol–water partition coefficient (Wildman–Crippen LogP) is -0.352. The molecular formula is C4H6N2O4. The van der Waals surface area contributed by atoms with Crippen LogP contribution in [0.2, 0.25) is 0 Å². The lowest BCUT2D eigenvalue weighted by Crippen LogP contribution is -2.11. The largest absolute Gasteiger partial charge is 0.415 e. The summed E-state index contributed by atoms with van der Waals surface area (Å²) < 4.78 is 8.04. The zero-order valence-corrected chi connectivity index (χ0v) is 4.94. The van der Waals surface area contributed by atoms with E-state index < -0.39 is 12.2 Å². The van der Waals surface area contributed by atoms with Crippen molar-refractivity contribution >= 4 is 12.2 Å². The Balaban J connectivity index is 3.38. The van der Waals surface area contributed by atoms with E-state index in [4.69, 9.17) is 0 Å². The smallest absolute Gasteiger partial charge is 0.409 e. The molecule has 6 heteroatoms. The molecule has 0 aliphatic heterocycles. The number of nitrogens with two attached hydrogens (primary N) is 2. The summed E-state index contributed by atoms with van der Waals surface area (Å²) in [4.78, 5) is 19.6. The minimum Gasteiger partial charge on any atom is -0.415 e. The second-order valence-electron chi connectivity index (χ2n) is 1.15. The van der Waals surface area contributed by atoms with Crippen molar-refractivity contribution in [3.63, 3.8) is 0 Å². The molecule has 56 valence electrons. The van der Waals surface area contributed by atoms with Crippen LogP contribution < -0.4 is 11.5 Å². The predicted molar refractivity (Wildman–Crippen MR) is 30.5 cm³/mol. The van der Waals surface area contributed by atoms with E-state index in [0.29, 0.717) is 0 Å². The summed E-state index contributed by atoms with van der Waals surface area (Å²) >= 11 is 0. The quantitative estimate of drug-likeness (QED) is 0.519. The highest BCUT2D eigenvalue weighted by atomic mass is 16.6. The molecule has 0 saturated heterocycles. The van der Waals surface area contributed by atoms with Crippen LogP contribution >= 0.6 is 0 Å². The third-order valence-electron chi connectivity index (χ3n) is 0.424. The molecule has 2 amide bonds. The zero-order valence-electron chi connectivity index (χ0n) is 4.94. The van der Waals surface area contributed by atoms with Crippen molar-refractivity contribution in [1.82, 2.24) is 0 Å². The summed E-state index contributed by atoms with van der Waals surface area (Å²) in [6.07, 6.45) is -0.395. The molecule has 0 saturated carbocycles.